The summed E-state index contributed by atoms with van der Waals surface area (Å²) in [5.74, 6) is -2.03. The highest BCUT2D eigenvalue weighted by molar-refractivity contribution is 6.31. The largest absolute Gasteiger partial charge is 0.495 e. The molecule has 3 aromatic rings. The van der Waals surface area contributed by atoms with Gasteiger partial charge in [-0.2, -0.15) is 0 Å². The Morgan fingerprint density at radius 1 is 1.11 bits per heavy atom. The van der Waals surface area contributed by atoms with Gasteiger partial charge in [0.2, 0.25) is 5.95 Å². The number of nitrogens with zero attached hydrogens (tertiary/aromatic N) is 2. The Bertz CT molecular complexity index is 1000. The number of nitrogens with one attached hydrogen (secondary N) is 2. The minimum atomic E-state index is -1.06. The number of ether oxygens (including phenoxy) is 1. The molecular formula is C18H13ClF2N4O2. The SMILES string of the molecule is COc1ccc(Cl)cc1Nc1nccc(C(=O)Nc2ccc(F)c(F)c2)n1. The summed E-state index contributed by atoms with van der Waals surface area (Å²) >= 11 is 5.98. The lowest BCUT2D eigenvalue weighted by Gasteiger charge is -2.11. The molecule has 0 radical (unpaired) electrons. The molecule has 0 aliphatic rings. The van der Waals surface area contributed by atoms with Gasteiger partial charge in [-0.15, -0.1) is 0 Å². The van der Waals surface area contributed by atoms with E-state index in [0.29, 0.717) is 16.5 Å². The van der Waals surface area contributed by atoms with E-state index in [1.807, 2.05) is 0 Å². The van der Waals surface area contributed by atoms with Gasteiger partial charge in [0.25, 0.3) is 5.91 Å². The number of rotatable bonds is 5. The third kappa shape index (κ3) is 4.48. The summed E-state index contributed by atoms with van der Waals surface area (Å²) in [6.07, 6.45) is 1.38. The number of benzene rings is 2. The topological polar surface area (TPSA) is 76.1 Å². The van der Waals surface area contributed by atoms with Crippen LogP contribution in [-0.2, 0) is 0 Å². The minimum absolute atomic E-state index is 0.0261. The van der Waals surface area contributed by atoms with E-state index in [4.69, 9.17) is 16.3 Å². The van der Waals surface area contributed by atoms with Crippen LogP contribution in [0.2, 0.25) is 5.02 Å². The monoisotopic (exact) mass is 390 g/mol. The van der Waals surface area contributed by atoms with Gasteiger partial charge in [0.05, 0.1) is 12.8 Å². The summed E-state index contributed by atoms with van der Waals surface area (Å²) in [6.45, 7) is 0. The normalized spacial score (nSPS) is 10.4. The number of hydrogen-bond acceptors (Lipinski definition) is 5. The van der Waals surface area contributed by atoms with E-state index in [1.165, 1.54) is 25.4 Å². The minimum Gasteiger partial charge on any atom is -0.495 e. The lowest BCUT2D eigenvalue weighted by Crippen LogP contribution is -2.15. The molecule has 6 nitrogen and oxygen atoms in total. The van der Waals surface area contributed by atoms with E-state index in [0.717, 1.165) is 12.1 Å². The average Bonchev–Trinajstić information content (AvgIpc) is 2.65. The molecule has 9 heteroatoms. The third-order valence-electron chi connectivity index (χ3n) is 3.47. The fourth-order valence-electron chi connectivity index (χ4n) is 2.21. The van der Waals surface area contributed by atoms with Crippen LogP contribution in [0.1, 0.15) is 10.5 Å². The van der Waals surface area contributed by atoms with Crippen molar-refractivity contribution in [2.45, 2.75) is 0 Å². The molecule has 0 atom stereocenters. The molecule has 27 heavy (non-hydrogen) atoms. The number of methoxy groups -OCH3 is 1. The van der Waals surface area contributed by atoms with Gasteiger partial charge in [-0.05, 0) is 36.4 Å². The number of hydrogen-bond donors (Lipinski definition) is 2. The van der Waals surface area contributed by atoms with Gasteiger partial charge >= 0.3 is 0 Å². The van der Waals surface area contributed by atoms with Gasteiger partial charge in [0.15, 0.2) is 11.6 Å². The molecule has 0 saturated heterocycles. The van der Waals surface area contributed by atoms with Gasteiger partial charge in [0, 0.05) is 23.0 Å². The molecule has 0 saturated carbocycles. The summed E-state index contributed by atoms with van der Waals surface area (Å²) in [4.78, 5) is 20.5. The molecule has 1 aromatic heterocycles. The summed E-state index contributed by atoms with van der Waals surface area (Å²) in [5.41, 5.74) is 0.643. The summed E-state index contributed by atoms with van der Waals surface area (Å²) in [7, 11) is 1.50. The molecule has 0 fully saturated rings. The highest BCUT2D eigenvalue weighted by Gasteiger charge is 2.12. The maximum absolute atomic E-state index is 13.3. The summed E-state index contributed by atoms with van der Waals surface area (Å²) < 4.78 is 31.5. The van der Waals surface area contributed by atoms with Crippen molar-refractivity contribution < 1.29 is 18.3 Å². The van der Waals surface area contributed by atoms with Crippen molar-refractivity contribution >= 4 is 34.8 Å². The molecule has 1 heterocycles. The average molecular weight is 391 g/mol. The number of amides is 1. The van der Waals surface area contributed by atoms with Crippen LogP contribution in [0.5, 0.6) is 5.75 Å². The molecule has 0 bridgehead atoms. The van der Waals surface area contributed by atoms with Crippen LogP contribution in [0.15, 0.2) is 48.7 Å². The van der Waals surface area contributed by atoms with E-state index in [1.54, 1.807) is 18.2 Å². The Morgan fingerprint density at radius 3 is 2.67 bits per heavy atom. The van der Waals surface area contributed by atoms with Crippen molar-refractivity contribution in [3.05, 3.63) is 71.0 Å². The highest BCUT2D eigenvalue weighted by atomic mass is 35.5. The Balaban J connectivity index is 1.80. The second kappa shape index (κ2) is 7.96. The Morgan fingerprint density at radius 2 is 1.93 bits per heavy atom. The van der Waals surface area contributed by atoms with Crippen molar-refractivity contribution in [1.29, 1.82) is 0 Å². The van der Waals surface area contributed by atoms with Crippen molar-refractivity contribution in [2.24, 2.45) is 0 Å². The number of anilines is 3. The lowest BCUT2D eigenvalue weighted by molar-refractivity contribution is 0.102. The molecule has 2 N–H and O–H groups in total. The Kier molecular flexibility index (Phi) is 5.46. The zero-order valence-electron chi connectivity index (χ0n) is 14.0. The Hall–Kier alpha value is -3.26. The fourth-order valence-corrected chi connectivity index (χ4v) is 2.38. The number of carbonyl (C=O) groups excluding carboxylic acids is 1. The predicted molar refractivity (Wildman–Crippen MR) is 97.6 cm³/mol. The summed E-state index contributed by atoms with van der Waals surface area (Å²) in [5, 5.41) is 5.84. The van der Waals surface area contributed by atoms with Gasteiger partial charge in [-0.3, -0.25) is 4.79 Å². The second-order valence-electron chi connectivity index (χ2n) is 5.32. The standard InChI is InChI=1S/C18H13ClF2N4O2/c1-27-16-5-2-10(19)8-15(16)25-18-22-7-6-14(24-18)17(26)23-11-3-4-12(20)13(21)9-11/h2-9H,1H3,(H,23,26)(H,22,24,25). The first kappa shape index (κ1) is 18.5. The lowest BCUT2D eigenvalue weighted by atomic mass is 10.3. The summed E-state index contributed by atoms with van der Waals surface area (Å²) in [6, 6.07) is 9.39. The molecule has 0 spiro atoms. The number of carbonyl (C=O) groups is 1. The predicted octanol–water partition coefficient (Wildman–Crippen LogP) is 4.41. The van der Waals surface area contributed by atoms with Crippen LogP contribution in [0.25, 0.3) is 0 Å². The van der Waals surface area contributed by atoms with Crippen molar-refractivity contribution in [3.8, 4) is 5.75 Å². The second-order valence-corrected chi connectivity index (χ2v) is 5.75. The van der Waals surface area contributed by atoms with E-state index >= 15 is 0 Å². The molecule has 3 rings (SSSR count). The fraction of sp³-hybridized carbons (Fsp3) is 0.0556. The van der Waals surface area contributed by atoms with Crippen LogP contribution in [0, 0.1) is 11.6 Å². The van der Waals surface area contributed by atoms with Gasteiger partial charge in [0.1, 0.15) is 11.4 Å². The van der Waals surface area contributed by atoms with Crippen LogP contribution in [0.4, 0.5) is 26.1 Å². The molecule has 0 aliphatic heterocycles. The van der Waals surface area contributed by atoms with Crippen molar-refractivity contribution in [1.82, 2.24) is 9.97 Å². The van der Waals surface area contributed by atoms with E-state index in [2.05, 4.69) is 20.6 Å². The van der Waals surface area contributed by atoms with E-state index in [9.17, 15) is 13.6 Å². The van der Waals surface area contributed by atoms with Crippen LogP contribution in [-0.4, -0.2) is 23.0 Å². The van der Waals surface area contributed by atoms with E-state index < -0.39 is 17.5 Å². The van der Waals surface area contributed by atoms with Crippen LogP contribution >= 0.6 is 11.6 Å². The van der Waals surface area contributed by atoms with Crippen molar-refractivity contribution in [2.75, 3.05) is 17.7 Å². The molecule has 1 amide bonds. The van der Waals surface area contributed by atoms with Gasteiger partial charge < -0.3 is 15.4 Å². The number of aromatic nitrogens is 2. The first-order chi connectivity index (χ1) is 13.0. The molecule has 138 valence electrons. The number of halogens is 3. The van der Waals surface area contributed by atoms with Crippen LogP contribution < -0.4 is 15.4 Å². The molecule has 0 aliphatic carbocycles. The third-order valence-corrected chi connectivity index (χ3v) is 3.71. The zero-order valence-corrected chi connectivity index (χ0v) is 14.7. The highest BCUT2D eigenvalue weighted by Crippen LogP contribution is 2.29. The smallest absolute Gasteiger partial charge is 0.274 e. The van der Waals surface area contributed by atoms with Gasteiger partial charge in [-0.25, -0.2) is 18.7 Å². The Labute approximate surface area is 158 Å². The van der Waals surface area contributed by atoms with Crippen LogP contribution in [0.3, 0.4) is 0 Å². The molecular weight excluding hydrogens is 378 g/mol. The van der Waals surface area contributed by atoms with Crippen molar-refractivity contribution in [3.63, 3.8) is 0 Å². The zero-order chi connectivity index (χ0) is 19.4. The van der Waals surface area contributed by atoms with Gasteiger partial charge in [-0.1, -0.05) is 11.6 Å². The quantitative estimate of drug-likeness (QED) is 0.674. The first-order valence-electron chi connectivity index (χ1n) is 7.66. The van der Waals surface area contributed by atoms with E-state index in [-0.39, 0.29) is 17.3 Å². The first-order valence-corrected chi connectivity index (χ1v) is 8.04. The molecule has 0 unspecified atom stereocenters. The molecule has 2 aromatic carbocycles. The maximum Gasteiger partial charge on any atom is 0.274 e. The maximum atomic E-state index is 13.3.